The molecule has 1 saturated heterocycles. The van der Waals surface area contributed by atoms with Gasteiger partial charge >= 0.3 is 0 Å². The van der Waals surface area contributed by atoms with E-state index in [4.69, 9.17) is 9.84 Å². The molecule has 1 fully saturated rings. The van der Waals surface area contributed by atoms with Crippen molar-refractivity contribution in [3.05, 3.63) is 30.1 Å². The van der Waals surface area contributed by atoms with Gasteiger partial charge in [0.2, 0.25) is 0 Å². The molecule has 2 heterocycles. The fraction of sp³-hybridized carbons (Fsp3) is 0.545. The van der Waals surface area contributed by atoms with Crippen molar-refractivity contribution in [3.63, 3.8) is 0 Å². The SMILES string of the molecule is OCC1CCCC(c2ccccn2)O1. The largest absolute Gasteiger partial charge is 0.394 e. The number of pyridine rings is 1. The van der Waals surface area contributed by atoms with Crippen LogP contribution < -0.4 is 0 Å². The van der Waals surface area contributed by atoms with E-state index >= 15 is 0 Å². The first-order valence-corrected chi connectivity index (χ1v) is 5.07. The molecular weight excluding hydrogens is 178 g/mol. The molecule has 2 atom stereocenters. The Hall–Kier alpha value is -0.930. The number of ether oxygens (including phenoxy) is 1. The summed E-state index contributed by atoms with van der Waals surface area (Å²) in [6, 6.07) is 5.84. The zero-order valence-corrected chi connectivity index (χ0v) is 8.10. The molecule has 1 aromatic heterocycles. The van der Waals surface area contributed by atoms with Gasteiger partial charge in [-0.2, -0.15) is 0 Å². The summed E-state index contributed by atoms with van der Waals surface area (Å²) >= 11 is 0. The molecule has 14 heavy (non-hydrogen) atoms. The topological polar surface area (TPSA) is 42.4 Å². The maximum Gasteiger partial charge on any atom is 0.0999 e. The molecule has 0 radical (unpaired) electrons. The van der Waals surface area contributed by atoms with E-state index in [9.17, 15) is 0 Å². The van der Waals surface area contributed by atoms with Crippen LogP contribution in [-0.2, 0) is 4.74 Å². The lowest BCUT2D eigenvalue weighted by molar-refractivity contribution is -0.0753. The molecule has 0 bridgehead atoms. The Labute approximate surface area is 83.7 Å². The highest BCUT2D eigenvalue weighted by Gasteiger charge is 2.23. The fourth-order valence-corrected chi connectivity index (χ4v) is 1.82. The zero-order valence-electron chi connectivity index (χ0n) is 8.10. The van der Waals surface area contributed by atoms with E-state index in [0.717, 1.165) is 25.0 Å². The Morgan fingerprint density at radius 3 is 3.07 bits per heavy atom. The van der Waals surface area contributed by atoms with Crippen molar-refractivity contribution >= 4 is 0 Å². The fourth-order valence-electron chi connectivity index (χ4n) is 1.82. The van der Waals surface area contributed by atoms with Gasteiger partial charge in [-0.15, -0.1) is 0 Å². The van der Waals surface area contributed by atoms with Crippen molar-refractivity contribution in [2.75, 3.05) is 6.61 Å². The molecule has 1 aliphatic heterocycles. The number of nitrogens with zero attached hydrogens (tertiary/aromatic N) is 1. The molecule has 0 aliphatic carbocycles. The monoisotopic (exact) mass is 193 g/mol. The molecule has 0 spiro atoms. The first kappa shape index (κ1) is 9.62. The minimum absolute atomic E-state index is 0.00393. The number of rotatable bonds is 2. The maximum atomic E-state index is 9.01. The summed E-state index contributed by atoms with van der Waals surface area (Å²) in [5, 5.41) is 9.01. The molecule has 2 rings (SSSR count). The summed E-state index contributed by atoms with van der Waals surface area (Å²) in [7, 11) is 0. The normalized spacial score (nSPS) is 27.5. The van der Waals surface area contributed by atoms with Crippen LogP contribution in [0.2, 0.25) is 0 Å². The first-order valence-electron chi connectivity index (χ1n) is 5.07. The van der Waals surface area contributed by atoms with Crippen LogP contribution in [0.3, 0.4) is 0 Å². The van der Waals surface area contributed by atoms with E-state index in [1.165, 1.54) is 0 Å². The quantitative estimate of drug-likeness (QED) is 0.777. The van der Waals surface area contributed by atoms with Gasteiger partial charge in [-0.05, 0) is 31.4 Å². The smallest absolute Gasteiger partial charge is 0.0999 e. The molecular formula is C11H15NO2. The van der Waals surface area contributed by atoms with Crippen molar-refractivity contribution in [1.29, 1.82) is 0 Å². The number of aliphatic hydroxyl groups excluding tert-OH is 1. The molecule has 3 nitrogen and oxygen atoms in total. The van der Waals surface area contributed by atoms with Gasteiger partial charge in [0.05, 0.1) is 24.5 Å². The average Bonchev–Trinajstić information content (AvgIpc) is 2.30. The Balaban J connectivity index is 2.04. The third-order valence-electron chi connectivity index (χ3n) is 2.57. The molecule has 0 saturated carbocycles. The van der Waals surface area contributed by atoms with Crippen molar-refractivity contribution in [2.24, 2.45) is 0 Å². The van der Waals surface area contributed by atoms with Crippen LogP contribution >= 0.6 is 0 Å². The van der Waals surface area contributed by atoms with Crippen molar-refractivity contribution in [3.8, 4) is 0 Å². The van der Waals surface area contributed by atoms with Gasteiger partial charge < -0.3 is 9.84 Å². The van der Waals surface area contributed by atoms with E-state index in [0.29, 0.717) is 0 Å². The van der Waals surface area contributed by atoms with Crippen LogP contribution in [0.25, 0.3) is 0 Å². The highest BCUT2D eigenvalue weighted by Crippen LogP contribution is 2.29. The second-order valence-electron chi connectivity index (χ2n) is 3.61. The van der Waals surface area contributed by atoms with Gasteiger partial charge in [0, 0.05) is 6.20 Å². The summed E-state index contributed by atoms with van der Waals surface area (Å²) in [5.41, 5.74) is 0.977. The van der Waals surface area contributed by atoms with Gasteiger partial charge in [-0.1, -0.05) is 6.07 Å². The lowest BCUT2D eigenvalue weighted by Gasteiger charge is -2.28. The lowest BCUT2D eigenvalue weighted by atomic mass is 10.0. The standard InChI is InChI=1S/C11H15NO2/c13-8-9-4-3-6-11(14-9)10-5-1-2-7-12-10/h1-2,5,7,9,11,13H,3-4,6,8H2. The van der Waals surface area contributed by atoms with Crippen molar-refractivity contribution in [1.82, 2.24) is 4.98 Å². The van der Waals surface area contributed by atoms with Crippen molar-refractivity contribution in [2.45, 2.75) is 31.5 Å². The summed E-state index contributed by atoms with van der Waals surface area (Å²) in [4.78, 5) is 4.26. The van der Waals surface area contributed by atoms with Gasteiger partial charge in [0.15, 0.2) is 0 Å². The molecule has 1 aromatic rings. The first-order chi connectivity index (χ1) is 6.90. The number of hydrogen-bond acceptors (Lipinski definition) is 3. The number of aromatic nitrogens is 1. The summed E-state index contributed by atoms with van der Waals surface area (Å²) < 4.78 is 5.71. The predicted octanol–water partition coefficient (Wildman–Crippen LogP) is 1.68. The third kappa shape index (κ3) is 2.11. The van der Waals surface area contributed by atoms with Gasteiger partial charge in [-0.3, -0.25) is 4.98 Å². The maximum absolute atomic E-state index is 9.01. The van der Waals surface area contributed by atoms with Crippen LogP contribution in [0.1, 0.15) is 31.1 Å². The minimum Gasteiger partial charge on any atom is -0.394 e. The molecule has 0 amide bonds. The van der Waals surface area contributed by atoms with Crippen molar-refractivity contribution < 1.29 is 9.84 Å². The van der Waals surface area contributed by atoms with Crippen LogP contribution in [0.15, 0.2) is 24.4 Å². The molecule has 0 aromatic carbocycles. The second-order valence-corrected chi connectivity index (χ2v) is 3.61. The molecule has 3 heteroatoms. The van der Waals surface area contributed by atoms with E-state index < -0.39 is 0 Å². The van der Waals surface area contributed by atoms with Gasteiger partial charge in [0.1, 0.15) is 0 Å². The minimum atomic E-state index is -0.00393. The predicted molar refractivity (Wildman–Crippen MR) is 52.8 cm³/mol. The molecule has 1 N–H and O–H groups in total. The lowest BCUT2D eigenvalue weighted by Crippen LogP contribution is -2.25. The zero-order chi connectivity index (χ0) is 9.80. The summed E-state index contributed by atoms with van der Waals surface area (Å²) in [6.45, 7) is 0.114. The highest BCUT2D eigenvalue weighted by atomic mass is 16.5. The Morgan fingerprint density at radius 1 is 1.43 bits per heavy atom. The second kappa shape index (κ2) is 4.53. The van der Waals surface area contributed by atoms with E-state index in [2.05, 4.69) is 4.98 Å². The third-order valence-corrected chi connectivity index (χ3v) is 2.57. The Bertz CT molecular complexity index is 276. The summed E-state index contributed by atoms with van der Waals surface area (Å²) in [6.07, 6.45) is 4.92. The number of hydrogen-bond donors (Lipinski definition) is 1. The van der Waals surface area contributed by atoms with Crippen LogP contribution in [0.5, 0.6) is 0 Å². The van der Waals surface area contributed by atoms with Crippen LogP contribution in [0.4, 0.5) is 0 Å². The van der Waals surface area contributed by atoms with Crippen LogP contribution in [0, 0.1) is 0 Å². The highest BCUT2D eigenvalue weighted by molar-refractivity contribution is 5.07. The molecule has 76 valence electrons. The van der Waals surface area contributed by atoms with E-state index in [-0.39, 0.29) is 18.8 Å². The number of aliphatic hydroxyl groups is 1. The van der Waals surface area contributed by atoms with Crippen LogP contribution in [-0.4, -0.2) is 22.8 Å². The Kier molecular flexibility index (Phi) is 3.11. The molecule has 2 unspecified atom stereocenters. The van der Waals surface area contributed by atoms with E-state index in [1.54, 1.807) is 6.20 Å². The van der Waals surface area contributed by atoms with Gasteiger partial charge in [-0.25, -0.2) is 0 Å². The summed E-state index contributed by atoms with van der Waals surface area (Å²) in [5.74, 6) is 0. The van der Waals surface area contributed by atoms with Gasteiger partial charge in [0.25, 0.3) is 0 Å². The average molecular weight is 193 g/mol. The Morgan fingerprint density at radius 2 is 2.36 bits per heavy atom. The molecule has 1 aliphatic rings. The van der Waals surface area contributed by atoms with E-state index in [1.807, 2.05) is 18.2 Å².